The number of amidine groups is 1. The molecule has 1 saturated heterocycles. The number of nitrogens with zero attached hydrogens (tertiary/aromatic N) is 4. The third-order valence-corrected chi connectivity index (χ3v) is 7.30. The van der Waals surface area contributed by atoms with E-state index in [1.165, 1.54) is 16.7 Å². The number of hydrogen-bond donors (Lipinski definition) is 0. The first kappa shape index (κ1) is 12.7. The SMILES string of the molecule is CC(C)SC1=[N+](C)S2=C3N(CCCN13)C(=S)N2C. The molecule has 3 aliphatic heterocycles. The molecule has 0 radical (unpaired) electrons. The van der Waals surface area contributed by atoms with E-state index in [1.54, 1.807) is 0 Å². The van der Waals surface area contributed by atoms with E-state index < -0.39 is 0 Å². The molecular weight excluding hydrogens is 284 g/mol. The highest BCUT2D eigenvalue weighted by Gasteiger charge is 2.51. The molecule has 7 heteroatoms. The molecule has 3 rings (SSSR count). The molecule has 0 aliphatic carbocycles. The first-order valence-electron chi connectivity index (χ1n) is 6.24. The van der Waals surface area contributed by atoms with Crippen LogP contribution in [-0.2, 0) is 0 Å². The van der Waals surface area contributed by atoms with Gasteiger partial charge < -0.3 is 0 Å². The summed E-state index contributed by atoms with van der Waals surface area (Å²) < 4.78 is 4.65. The summed E-state index contributed by atoms with van der Waals surface area (Å²) in [4.78, 5) is 4.80. The molecule has 0 spiro atoms. The van der Waals surface area contributed by atoms with Gasteiger partial charge in [0.25, 0.3) is 5.11 Å². The summed E-state index contributed by atoms with van der Waals surface area (Å²) in [5, 5.41) is 4.39. The van der Waals surface area contributed by atoms with Crippen LogP contribution in [0.3, 0.4) is 0 Å². The molecule has 3 heterocycles. The topological polar surface area (TPSA) is 12.7 Å². The minimum Gasteiger partial charge on any atom is -0.275 e. The molecule has 4 nitrogen and oxygen atoms in total. The predicted molar refractivity (Wildman–Crippen MR) is 84.9 cm³/mol. The maximum Gasteiger partial charge on any atom is 0.328 e. The molecule has 3 aliphatic rings. The van der Waals surface area contributed by atoms with Gasteiger partial charge in [0.15, 0.2) is 16.0 Å². The molecule has 0 amide bonds. The number of hydrogen-bond acceptors (Lipinski definition) is 3. The van der Waals surface area contributed by atoms with Crippen LogP contribution < -0.4 is 0 Å². The standard InChI is InChI=1S/C11H19N4S3/c1-8(2)17-10-13(4)18-11-14(9(16)12(18)3)6-5-7-15(10)11/h8H,5-7H2,1-4H3/q+1. The van der Waals surface area contributed by atoms with E-state index in [2.05, 4.69) is 46.0 Å². The maximum atomic E-state index is 5.55. The van der Waals surface area contributed by atoms with Crippen molar-refractivity contribution in [2.75, 3.05) is 27.2 Å². The van der Waals surface area contributed by atoms with Crippen LogP contribution in [0.2, 0.25) is 0 Å². The molecule has 1 atom stereocenters. The Bertz CT molecular complexity index is 483. The van der Waals surface area contributed by atoms with E-state index in [4.69, 9.17) is 12.2 Å². The quantitative estimate of drug-likeness (QED) is 0.537. The molecule has 0 saturated carbocycles. The number of thioether (sulfide) groups is 1. The average Bonchev–Trinajstić information content (AvgIpc) is 2.74. The van der Waals surface area contributed by atoms with Gasteiger partial charge >= 0.3 is 5.17 Å². The lowest BCUT2D eigenvalue weighted by atomic mass is 10.3. The van der Waals surface area contributed by atoms with Crippen LogP contribution in [-0.4, -0.2) is 65.9 Å². The van der Waals surface area contributed by atoms with Crippen molar-refractivity contribution in [1.82, 2.24) is 14.1 Å². The zero-order chi connectivity index (χ0) is 13.0. The summed E-state index contributed by atoms with van der Waals surface area (Å²) in [6, 6.07) is 0. The van der Waals surface area contributed by atoms with Crippen molar-refractivity contribution in [3.63, 3.8) is 0 Å². The van der Waals surface area contributed by atoms with Crippen LogP contribution in [0.15, 0.2) is 0 Å². The molecule has 100 valence electrons. The van der Waals surface area contributed by atoms with Gasteiger partial charge in [0.1, 0.15) is 0 Å². The summed E-state index contributed by atoms with van der Waals surface area (Å²) in [6.07, 6.45) is 1.19. The fourth-order valence-corrected chi connectivity index (χ4v) is 6.36. The van der Waals surface area contributed by atoms with E-state index >= 15 is 0 Å². The van der Waals surface area contributed by atoms with Gasteiger partial charge in [-0.05, 0) is 24.0 Å². The Balaban J connectivity index is 2.04. The molecule has 0 aromatic carbocycles. The summed E-state index contributed by atoms with van der Waals surface area (Å²) in [5.74, 6) is 0. The lowest BCUT2D eigenvalue weighted by molar-refractivity contribution is -0.311. The van der Waals surface area contributed by atoms with Crippen LogP contribution in [0.1, 0.15) is 20.3 Å². The lowest BCUT2D eigenvalue weighted by Crippen LogP contribution is -2.51. The molecule has 0 N–H and O–H groups in total. The summed E-state index contributed by atoms with van der Waals surface area (Å²) in [5.41, 5.74) is 0. The van der Waals surface area contributed by atoms with Gasteiger partial charge in [-0.1, -0.05) is 13.8 Å². The highest BCUT2D eigenvalue weighted by atomic mass is 32.2. The van der Waals surface area contributed by atoms with Gasteiger partial charge in [0, 0.05) is 25.3 Å². The molecule has 1 unspecified atom stereocenters. The Labute approximate surface area is 121 Å². The molecule has 1 fully saturated rings. The van der Waals surface area contributed by atoms with Crippen LogP contribution in [0.5, 0.6) is 0 Å². The Hall–Kier alpha value is -0.270. The van der Waals surface area contributed by atoms with Crippen LogP contribution in [0.4, 0.5) is 0 Å². The van der Waals surface area contributed by atoms with Gasteiger partial charge in [0.2, 0.25) is 0 Å². The van der Waals surface area contributed by atoms with Crippen molar-refractivity contribution >= 4 is 50.2 Å². The minimum absolute atomic E-state index is 0.00668. The van der Waals surface area contributed by atoms with Gasteiger partial charge in [-0.25, -0.2) is 0 Å². The largest absolute Gasteiger partial charge is 0.328 e. The lowest BCUT2D eigenvalue weighted by Gasteiger charge is -2.29. The molecule has 0 aromatic rings. The van der Waals surface area contributed by atoms with Crippen molar-refractivity contribution < 1.29 is 3.98 Å². The third-order valence-electron chi connectivity index (χ3n) is 3.25. The fraction of sp³-hybridized carbons (Fsp3) is 0.727. The zero-order valence-corrected chi connectivity index (χ0v) is 13.7. The van der Waals surface area contributed by atoms with E-state index in [9.17, 15) is 0 Å². The second-order valence-electron chi connectivity index (χ2n) is 4.93. The summed E-state index contributed by atoms with van der Waals surface area (Å²) in [6.45, 7) is 6.71. The molecule has 0 bridgehead atoms. The molecule has 18 heavy (non-hydrogen) atoms. The number of rotatable bonds is 1. The predicted octanol–water partition coefficient (Wildman–Crippen LogP) is 1.56. The smallest absolute Gasteiger partial charge is 0.275 e. The Morgan fingerprint density at radius 1 is 1.33 bits per heavy atom. The van der Waals surface area contributed by atoms with Crippen LogP contribution in [0.25, 0.3) is 0 Å². The van der Waals surface area contributed by atoms with Gasteiger partial charge in [-0.15, -0.1) is 0 Å². The van der Waals surface area contributed by atoms with E-state index in [1.807, 2.05) is 11.8 Å². The average molecular weight is 304 g/mol. The minimum atomic E-state index is -0.00668. The highest BCUT2D eigenvalue weighted by molar-refractivity contribution is 8.16. The first-order valence-corrected chi connectivity index (χ1v) is 8.66. The monoisotopic (exact) mass is 303 g/mol. The fourth-order valence-electron chi connectivity index (χ4n) is 2.54. The molecule has 0 aromatic heterocycles. The third kappa shape index (κ3) is 1.63. The Morgan fingerprint density at radius 2 is 2.00 bits per heavy atom. The molecular formula is C11H19N4S3+. The van der Waals surface area contributed by atoms with E-state index in [0.717, 1.165) is 18.2 Å². The van der Waals surface area contributed by atoms with Gasteiger partial charge in [0.05, 0.1) is 13.6 Å². The van der Waals surface area contributed by atoms with Crippen molar-refractivity contribution in [2.45, 2.75) is 25.5 Å². The second kappa shape index (κ2) is 4.38. The van der Waals surface area contributed by atoms with E-state index in [0.29, 0.717) is 5.25 Å². The van der Waals surface area contributed by atoms with Gasteiger partial charge in [-0.3, -0.25) is 9.21 Å². The van der Waals surface area contributed by atoms with Crippen molar-refractivity contribution in [1.29, 1.82) is 0 Å². The van der Waals surface area contributed by atoms with Crippen molar-refractivity contribution in [2.24, 2.45) is 0 Å². The van der Waals surface area contributed by atoms with E-state index in [-0.39, 0.29) is 10.9 Å². The Morgan fingerprint density at radius 3 is 2.67 bits per heavy atom. The van der Waals surface area contributed by atoms with Gasteiger partial charge in [-0.2, -0.15) is 8.88 Å². The highest BCUT2D eigenvalue weighted by Crippen LogP contribution is 2.40. The van der Waals surface area contributed by atoms with Crippen LogP contribution in [0, 0.1) is 0 Å². The van der Waals surface area contributed by atoms with Crippen LogP contribution >= 0.6 is 34.8 Å². The van der Waals surface area contributed by atoms with Crippen molar-refractivity contribution in [3.8, 4) is 0 Å². The van der Waals surface area contributed by atoms with Crippen molar-refractivity contribution in [3.05, 3.63) is 0 Å². The first-order chi connectivity index (χ1) is 8.52. The second-order valence-corrected chi connectivity index (χ2v) is 8.83. The Kier molecular flexibility index (Phi) is 3.10. The summed E-state index contributed by atoms with van der Waals surface area (Å²) in [7, 11) is 4.31. The normalized spacial score (nSPS) is 26.9. The summed E-state index contributed by atoms with van der Waals surface area (Å²) >= 11 is 7.51. The number of thiocarbonyl (C=S) groups is 1. The maximum absolute atomic E-state index is 5.55. The zero-order valence-electron chi connectivity index (χ0n) is 11.2.